The number of anilines is 1. The summed E-state index contributed by atoms with van der Waals surface area (Å²) < 4.78 is 39.9. The average molecular weight is 529 g/mol. The molecule has 2 aromatic heterocycles. The van der Waals surface area contributed by atoms with Crippen molar-refractivity contribution in [1.29, 1.82) is 0 Å². The van der Waals surface area contributed by atoms with Crippen LogP contribution >= 0.6 is 26.8 Å². The molecule has 0 aliphatic carbocycles. The number of rotatable bonds is 8. The SMILES string of the molecule is O=P(O)(O)CP(=O)(O)OC[C@H]1O[C@@H](c2cnc3c(NC4CCOC4)cc(Cl)nn23)[C@H](O)[C@@H]1O. The van der Waals surface area contributed by atoms with Crippen LogP contribution in [0.5, 0.6) is 0 Å². The highest BCUT2D eigenvalue weighted by molar-refractivity contribution is 7.70. The Morgan fingerprint density at radius 3 is 2.70 bits per heavy atom. The normalized spacial score (nSPS) is 30.1. The van der Waals surface area contributed by atoms with Crippen LogP contribution in [0.2, 0.25) is 5.15 Å². The number of ether oxygens (including phenoxy) is 2. The average Bonchev–Trinajstić information content (AvgIpc) is 3.40. The van der Waals surface area contributed by atoms with Gasteiger partial charge in [-0.2, -0.15) is 5.10 Å². The Labute approximate surface area is 192 Å². The van der Waals surface area contributed by atoms with Gasteiger partial charge in [-0.05, 0) is 6.42 Å². The quantitative estimate of drug-likeness (QED) is 0.251. The van der Waals surface area contributed by atoms with E-state index in [-0.39, 0.29) is 16.9 Å². The van der Waals surface area contributed by atoms with Gasteiger partial charge in [0.2, 0.25) is 0 Å². The van der Waals surface area contributed by atoms with Gasteiger partial charge in [-0.1, -0.05) is 11.6 Å². The molecule has 4 heterocycles. The number of imidazole rings is 1. The zero-order valence-electron chi connectivity index (χ0n) is 17.0. The van der Waals surface area contributed by atoms with Crippen LogP contribution in [0.3, 0.4) is 0 Å². The van der Waals surface area contributed by atoms with Crippen LogP contribution in [0, 0.1) is 0 Å². The summed E-state index contributed by atoms with van der Waals surface area (Å²) in [6.07, 6.45) is -3.21. The van der Waals surface area contributed by atoms with Crippen LogP contribution in [0.15, 0.2) is 12.3 Å². The van der Waals surface area contributed by atoms with E-state index in [2.05, 4.69) is 15.4 Å². The van der Waals surface area contributed by atoms with Crippen LogP contribution < -0.4 is 5.32 Å². The second-order valence-electron chi connectivity index (χ2n) is 7.82. The summed E-state index contributed by atoms with van der Waals surface area (Å²) in [7, 11) is -9.47. The number of halogens is 1. The van der Waals surface area contributed by atoms with Gasteiger partial charge in [0.1, 0.15) is 24.4 Å². The van der Waals surface area contributed by atoms with Crippen molar-refractivity contribution in [2.75, 3.05) is 31.0 Å². The summed E-state index contributed by atoms with van der Waals surface area (Å²) in [6.45, 7) is 0.460. The highest BCUT2D eigenvalue weighted by Crippen LogP contribution is 2.55. The van der Waals surface area contributed by atoms with Crippen molar-refractivity contribution in [2.24, 2.45) is 0 Å². The molecule has 6 N–H and O–H groups in total. The van der Waals surface area contributed by atoms with E-state index in [4.69, 9.17) is 35.4 Å². The molecule has 0 amide bonds. The number of fused-ring (bicyclic) bond motifs is 1. The minimum absolute atomic E-state index is 0.0615. The number of nitrogens with zero attached hydrogens (tertiary/aromatic N) is 3. The van der Waals surface area contributed by atoms with E-state index in [9.17, 15) is 24.2 Å². The topological polar surface area (TPSA) is 205 Å². The predicted octanol–water partition coefficient (Wildman–Crippen LogP) is 0.0824. The summed E-state index contributed by atoms with van der Waals surface area (Å²) in [5, 5.41) is 28.5. The van der Waals surface area contributed by atoms with Gasteiger partial charge in [0.25, 0.3) is 0 Å². The van der Waals surface area contributed by atoms with E-state index in [1.54, 1.807) is 6.07 Å². The molecule has 0 spiro atoms. The Kier molecular flexibility index (Phi) is 7.17. The first-order valence-corrected chi connectivity index (χ1v) is 13.8. The third-order valence-corrected chi connectivity index (χ3v) is 8.85. The van der Waals surface area contributed by atoms with E-state index in [1.165, 1.54) is 10.7 Å². The van der Waals surface area contributed by atoms with Crippen LogP contribution in [-0.4, -0.2) is 89.6 Å². The van der Waals surface area contributed by atoms with Gasteiger partial charge in [-0.15, -0.1) is 0 Å². The minimum Gasteiger partial charge on any atom is -0.387 e. The van der Waals surface area contributed by atoms with Crippen LogP contribution in [0.25, 0.3) is 5.65 Å². The zero-order valence-corrected chi connectivity index (χ0v) is 19.5. The molecule has 33 heavy (non-hydrogen) atoms. The Hall–Kier alpha value is -1.15. The van der Waals surface area contributed by atoms with E-state index < -0.39 is 52.1 Å². The van der Waals surface area contributed by atoms with Crippen LogP contribution in [0.1, 0.15) is 18.2 Å². The van der Waals surface area contributed by atoms with Crippen molar-refractivity contribution < 1.29 is 48.0 Å². The molecule has 4 rings (SSSR count). The fourth-order valence-electron chi connectivity index (χ4n) is 3.72. The number of aromatic nitrogens is 3. The van der Waals surface area contributed by atoms with Gasteiger partial charge in [0, 0.05) is 12.7 Å². The Morgan fingerprint density at radius 2 is 2.03 bits per heavy atom. The summed E-state index contributed by atoms with van der Waals surface area (Å²) in [6, 6.07) is 1.66. The van der Waals surface area contributed by atoms with Crippen molar-refractivity contribution in [3.05, 3.63) is 23.1 Å². The lowest BCUT2D eigenvalue weighted by atomic mass is 10.1. The highest BCUT2D eigenvalue weighted by Gasteiger charge is 2.46. The van der Waals surface area contributed by atoms with Gasteiger partial charge >= 0.3 is 15.2 Å². The molecule has 2 aromatic rings. The van der Waals surface area contributed by atoms with E-state index in [0.29, 0.717) is 24.5 Å². The van der Waals surface area contributed by atoms with Crippen molar-refractivity contribution in [3.8, 4) is 0 Å². The minimum atomic E-state index is -4.81. The second kappa shape index (κ2) is 9.48. The van der Waals surface area contributed by atoms with Crippen LogP contribution in [-0.2, 0) is 23.1 Å². The molecule has 0 aromatic carbocycles. The molecule has 6 atom stereocenters. The molecular weight excluding hydrogens is 506 g/mol. The summed E-state index contributed by atoms with van der Waals surface area (Å²) in [5.41, 5.74) is 1.24. The number of hydrogen-bond acceptors (Lipinski definition) is 10. The number of nitrogens with one attached hydrogen (secondary N) is 1. The van der Waals surface area contributed by atoms with E-state index in [1.807, 2.05) is 0 Å². The van der Waals surface area contributed by atoms with E-state index >= 15 is 0 Å². The summed E-state index contributed by atoms with van der Waals surface area (Å²) in [5.74, 6) is -1.38. The fourth-order valence-corrected chi connectivity index (χ4v) is 6.47. The molecule has 14 nitrogen and oxygen atoms in total. The molecule has 0 saturated carbocycles. The van der Waals surface area contributed by atoms with Gasteiger partial charge in [-0.3, -0.25) is 9.13 Å². The first-order chi connectivity index (χ1) is 15.4. The molecule has 0 bridgehead atoms. The van der Waals surface area contributed by atoms with Crippen molar-refractivity contribution in [3.63, 3.8) is 0 Å². The third-order valence-electron chi connectivity index (χ3n) is 5.21. The largest absolute Gasteiger partial charge is 0.387 e. The first-order valence-electron chi connectivity index (χ1n) is 9.84. The molecule has 17 heteroatoms. The van der Waals surface area contributed by atoms with Crippen LogP contribution in [0.4, 0.5) is 5.69 Å². The van der Waals surface area contributed by atoms with Crippen molar-refractivity contribution in [1.82, 2.24) is 14.6 Å². The molecule has 0 radical (unpaired) electrons. The lowest BCUT2D eigenvalue weighted by Crippen LogP contribution is -2.33. The molecule has 2 aliphatic heterocycles. The Bertz CT molecular complexity index is 1110. The molecule has 184 valence electrons. The summed E-state index contributed by atoms with van der Waals surface area (Å²) >= 11 is 6.17. The second-order valence-corrected chi connectivity index (χ2v) is 12.2. The Morgan fingerprint density at radius 1 is 1.27 bits per heavy atom. The van der Waals surface area contributed by atoms with E-state index in [0.717, 1.165) is 6.42 Å². The lowest BCUT2D eigenvalue weighted by Gasteiger charge is -2.18. The highest BCUT2D eigenvalue weighted by atomic mass is 35.5. The molecule has 2 fully saturated rings. The van der Waals surface area contributed by atoms with Gasteiger partial charge in [-0.25, -0.2) is 9.50 Å². The molecule has 2 aliphatic rings. The first kappa shape index (κ1) is 25.0. The molecule has 2 unspecified atom stereocenters. The Balaban J connectivity index is 1.53. The maximum atomic E-state index is 11.9. The monoisotopic (exact) mass is 528 g/mol. The third kappa shape index (κ3) is 5.75. The number of hydrogen-bond donors (Lipinski definition) is 6. The lowest BCUT2D eigenvalue weighted by molar-refractivity contribution is -0.0204. The molecular formula is C16H23ClN4O10P2. The maximum absolute atomic E-state index is 11.9. The maximum Gasteiger partial charge on any atom is 0.340 e. The van der Waals surface area contributed by atoms with Gasteiger partial charge < -0.3 is 44.2 Å². The van der Waals surface area contributed by atoms with Gasteiger partial charge in [0.05, 0.1) is 36.8 Å². The standard InChI is InChI=1S/C16H23ClN4O10P2/c17-12-3-9(19-8-1-2-29-5-8)16-18-4-10(21(16)20-12)15-14(23)13(22)11(31-15)6-30-33(27,28)7-32(24,25)26/h3-4,8,11,13-15,19,22-23H,1-2,5-7H2,(H,27,28)(H2,24,25,26)/t8?,11-,13-,14-,15+/m1/s1. The summed E-state index contributed by atoms with van der Waals surface area (Å²) in [4.78, 5) is 31.7. The fraction of sp³-hybridized carbons (Fsp3) is 0.625. The van der Waals surface area contributed by atoms with Crippen molar-refractivity contribution in [2.45, 2.75) is 36.9 Å². The van der Waals surface area contributed by atoms with Gasteiger partial charge in [0.15, 0.2) is 16.7 Å². The smallest absolute Gasteiger partial charge is 0.340 e. The molecule has 2 saturated heterocycles. The number of aliphatic hydroxyl groups excluding tert-OH is 2. The predicted molar refractivity (Wildman–Crippen MR) is 113 cm³/mol. The van der Waals surface area contributed by atoms with Crippen molar-refractivity contribution >= 4 is 38.1 Å². The zero-order chi connectivity index (χ0) is 24.0. The number of aliphatic hydroxyl groups is 2.